The van der Waals surface area contributed by atoms with Gasteiger partial charge >= 0.3 is 0 Å². The molecule has 0 N–H and O–H groups in total. The van der Waals surface area contributed by atoms with Gasteiger partial charge in [0, 0.05) is 10.0 Å². The first-order valence-electron chi connectivity index (χ1n) is 7.01. The summed E-state index contributed by atoms with van der Waals surface area (Å²) < 4.78 is 0. The molecule has 0 amide bonds. The van der Waals surface area contributed by atoms with E-state index in [-0.39, 0.29) is 0 Å². The van der Waals surface area contributed by atoms with Crippen LogP contribution in [-0.4, -0.2) is 0 Å². The maximum absolute atomic E-state index is 6.54. The van der Waals surface area contributed by atoms with Crippen molar-refractivity contribution >= 4 is 23.2 Å². The first kappa shape index (κ1) is 15.4. The van der Waals surface area contributed by atoms with E-state index in [1.165, 1.54) is 16.7 Å². The summed E-state index contributed by atoms with van der Waals surface area (Å²) in [6, 6.07) is 14.4. The van der Waals surface area contributed by atoms with Crippen LogP contribution in [-0.2, 0) is 6.42 Å². The first-order valence-corrected chi connectivity index (χ1v) is 7.77. The van der Waals surface area contributed by atoms with Gasteiger partial charge in [-0.2, -0.15) is 0 Å². The molecule has 0 aliphatic heterocycles. The van der Waals surface area contributed by atoms with Crippen LogP contribution >= 0.6 is 23.2 Å². The average Bonchev–Trinajstić information content (AvgIpc) is 2.41. The Hall–Kier alpha value is -0.980. The summed E-state index contributed by atoms with van der Waals surface area (Å²) in [5, 5.41) is 1.70. The van der Waals surface area contributed by atoms with E-state index in [0.29, 0.717) is 11.8 Å². The molecule has 0 spiro atoms. The average molecular weight is 307 g/mol. The molecule has 0 aliphatic rings. The van der Waals surface area contributed by atoms with Crippen LogP contribution in [0, 0.1) is 0 Å². The molecule has 0 fully saturated rings. The fraction of sp³-hybridized carbons (Fsp3) is 0.333. The molecule has 1 unspecified atom stereocenters. The van der Waals surface area contributed by atoms with Crippen LogP contribution in [0.3, 0.4) is 0 Å². The van der Waals surface area contributed by atoms with Crippen LogP contribution in [0.25, 0.3) is 0 Å². The molecule has 2 aromatic rings. The topological polar surface area (TPSA) is 0 Å². The molecule has 2 heteroatoms. The molecule has 20 heavy (non-hydrogen) atoms. The molecule has 0 aliphatic carbocycles. The maximum atomic E-state index is 6.54. The highest BCUT2D eigenvalue weighted by Crippen LogP contribution is 2.31. The number of halogens is 2. The molecular formula is C18H20Cl2. The Morgan fingerprint density at radius 3 is 2.15 bits per heavy atom. The van der Waals surface area contributed by atoms with Crippen LogP contribution in [0.4, 0.5) is 0 Å². The van der Waals surface area contributed by atoms with Crippen LogP contribution in [0.2, 0.25) is 10.0 Å². The summed E-state index contributed by atoms with van der Waals surface area (Å²) in [6.07, 6.45) is 0.945. The quantitative estimate of drug-likeness (QED) is 0.608. The SMILES string of the molecule is CC(C)c1cccc(CC(C)c2ccc(Cl)cc2)c1Cl. The molecule has 1 atom stereocenters. The van der Waals surface area contributed by atoms with E-state index < -0.39 is 0 Å². The zero-order chi connectivity index (χ0) is 14.7. The lowest BCUT2D eigenvalue weighted by atomic mass is 9.91. The van der Waals surface area contributed by atoms with Gasteiger partial charge in [0.05, 0.1) is 0 Å². The number of benzene rings is 2. The molecule has 0 saturated heterocycles. The number of rotatable bonds is 4. The molecule has 0 saturated carbocycles. The van der Waals surface area contributed by atoms with Crippen molar-refractivity contribution in [1.82, 2.24) is 0 Å². The smallest absolute Gasteiger partial charge is 0.0472 e. The number of hydrogen-bond donors (Lipinski definition) is 0. The minimum Gasteiger partial charge on any atom is -0.0843 e. The standard InChI is InChI=1S/C18H20Cl2/c1-12(2)17-6-4-5-15(18(17)20)11-13(3)14-7-9-16(19)10-8-14/h4-10,12-13H,11H2,1-3H3. The second-order valence-corrected chi connectivity index (χ2v) is 6.45. The zero-order valence-electron chi connectivity index (χ0n) is 12.2. The van der Waals surface area contributed by atoms with E-state index in [9.17, 15) is 0 Å². The fourth-order valence-electron chi connectivity index (χ4n) is 2.44. The van der Waals surface area contributed by atoms with Crippen LogP contribution in [0.5, 0.6) is 0 Å². The van der Waals surface area contributed by atoms with Gasteiger partial charge in [0.15, 0.2) is 0 Å². The van der Waals surface area contributed by atoms with Gasteiger partial charge in [0.25, 0.3) is 0 Å². The lowest BCUT2D eigenvalue weighted by Crippen LogP contribution is -2.01. The van der Waals surface area contributed by atoms with E-state index in [2.05, 4.69) is 51.1 Å². The Morgan fingerprint density at radius 2 is 1.55 bits per heavy atom. The lowest BCUT2D eigenvalue weighted by molar-refractivity contribution is 0.755. The molecule has 0 bridgehead atoms. The van der Waals surface area contributed by atoms with Gasteiger partial charge in [-0.25, -0.2) is 0 Å². The van der Waals surface area contributed by atoms with Gasteiger partial charge in [-0.05, 0) is 47.1 Å². The predicted octanol–water partition coefficient (Wildman–Crippen LogP) is 6.46. The van der Waals surface area contributed by atoms with Gasteiger partial charge in [-0.3, -0.25) is 0 Å². The predicted molar refractivity (Wildman–Crippen MR) is 89.1 cm³/mol. The Kier molecular flexibility index (Phi) is 5.12. The molecule has 0 nitrogen and oxygen atoms in total. The van der Waals surface area contributed by atoms with E-state index >= 15 is 0 Å². The third-order valence-electron chi connectivity index (χ3n) is 3.70. The van der Waals surface area contributed by atoms with E-state index in [1.807, 2.05) is 12.1 Å². The van der Waals surface area contributed by atoms with Gasteiger partial charge < -0.3 is 0 Å². The lowest BCUT2D eigenvalue weighted by Gasteiger charge is -2.16. The van der Waals surface area contributed by atoms with Crippen molar-refractivity contribution in [2.45, 2.75) is 39.0 Å². The van der Waals surface area contributed by atoms with Gasteiger partial charge in [-0.1, -0.05) is 74.3 Å². The molecule has 106 valence electrons. The minimum absolute atomic E-state index is 0.423. The summed E-state index contributed by atoms with van der Waals surface area (Å²) in [6.45, 7) is 6.57. The Labute approximate surface area is 131 Å². The van der Waals surface area contributed by atoms with Gasteiger partial charge in [0.1, 0.15) is 0 Å². The largest absolute Gasteiger partial charge is 0.0843 e. The minimum atomic E-state index is 0.423. The van der Waals surface area contributed by atoms with Gasteiger partial charge in [-0.15, -0.1) is 0 Å². The van der Waals surface area contributed by atoms with Crippen molar-refractivity contribution in [1.29, 1.82) is 0 Å². The molecule has 2 aromatic carbocycles. The summed E-state index contributed by atoms with van der Waals surface area (Å²) in [5.74, 6) is 0.875. The van der Waals surface area contributed by atoms with Crippen molar-refractivity contribution < 1.29 is 0 Å². The molecule has 0 aromatic heterocycles. The molecule has 0 heterocycles. The third-order valence-corrected chi connectivity index (χ3v) is 4.41. The summed E-state index contributed by atoms with van der Waals surface area (Å²) in [7, 11) is 0. The Bertz CT molecular complexity index is 570. The highest BCUT2D eigenvalue weighted by atomic mass is 35.5. The molecular weight excluding hydrogens is 287 g/mol. The normalized spacial score (nSPS) is 12.7. The zero-order valence-corrected chi connectivity index (χ0v) is 13.7. The Morgan fingerprint density at radius 1 is 0.900 bits per heavy atom. The highest BCUT2D eigenvalue weighted by Gasteiger charge is 2.13. The van der Waals surface area contributed by atoms with Gasteiger partial charge in [0.2, 0.25) is 0 Å². The molecule has 0 radical (unpaired) electrons. The maximum Gasteiger partial charge on any atom is 0.0472 e. The van der Waals surface area contributed by atoms with Crippen molar-refractivity contribution in [3.8, 4) is 0 Å². The summed E-state index contributed by atoms with van der Waals surface area (Å²) in [5.41, 5.74) is 3.74. The number of hydrogen-bond acceptors (Lipinski definition) is 0. The summed E-state index contributed by atoms with van der Waals surface area (Å²) >= 11 is 12.5. The fourth-order valence-corrected chi connectivity index (χ4v) is 2.99. The first-order chi connectivity index (χ1) is 9.49. The monoisotopic (exact) mass is 306 g/mol. The highest BCUT2D eigenvalue weighted by molar-refractivity contribution is 6.32. The summed E-state index contributed by atoms with van der Waals surface area (Å²) in [4.78, 5) is 0. The third kappa shape index (κ3) is 3.56. The van der Waals surface area contributed by atoms with Crippen molar-refractivity contribution in [3.63, 3.8) is 0 Å². The van der Waals surface area contributed by atoms with Crippen molar-refractivity contribution in [3.05, 3.63) is 69.2 Å². The van der Waals surface area contributed by atoms with E-state index in [4.69, 9.17) is 23.2 Å². The van der Waals surface area contributed by atoms with E-state index in [0.717, 1.165) is 16.5 Å². The molecule has 2 rings (SSSR count). The van der Waals surface area contributed by atoms with Crippen molar-refractivity contribution in [2.75, 3.05) is 0 Å². The second-order valence-electron chi connectivity index (χ2n) is 5.63. The Balaban J connectivity index is 2.21. The second kappa shape index (κ2) is 6.65. The van der Waals surface area contributed by atoms with Crippen LogP contribution in [0.15, 0.2) is 42.5 Å². The van der Waals surface area contributed by atoms with Crippen LogP contribution < -0.4 is 0 Å². The van der Waals surface area contributed by atoms with Crippen molar-refractivity contribution in [2.24, 2.45) is 0 Å². The van der Waals surface area contributed by atoms with E-state index in [1.54, 1.807) is 0 Å². The van der Waals surface area contributed by atoms with Crippen LogP contribution in [0.1, 0.15) is 49.3 Å².